The second kappa shape index (κ2) is 6.00. The Bertz CT molecular complexity index is 766. The van der Waals surface area contributed by atoms with Crippen molar-refractivity contribution in [3.05, 3.63) is 64.4 Å². The van der Waals surface area contributed by atoms with Gasteiger partial charge in [-0.2, -0.15) is 5.10 Å². The Kier molecular flexibility index (Phi) is 4.08. The van der Waals surface area contributed by atoms with Gasteiger partial charge in [0.15, 0.2) is 0 Å². The van der Waals surface area contributed by atoms with Crippen LogP contribution in [0.1, 0.15) is 30.7 Å². The Hall–Kier alpha value is -1.65. The highest BCUT2D eigenvalue weighted by Crippen LogP contribution is 2.27. The lowest BCUT2D eigenvalue weighted by Gasteiger charge is -2.14. The molecule has 1 aromatic heterocycles. The third-order valence-electron chi connectivity index (χ3n) is 3.61. The van der Waals surface area contributed by atoms with E-state index >= 15 is 0 Å². The fourth-order valence-electron chi connectivity index (χ4n) is 2.55. The number of rotatable bonds is 4. The number of aryl methyl sites for hydroxylation is 1. The van der Waals surface area contributed by atoms with Gasteiger partial charge in [0.05, 0.1) is 5.69 Å². The molecule has 1 unspecified atom stereocenters. The van der Waals surface area contributed by atoms with Gasteiger partial charge in [-0.05, 0) is 47.0 Å². The molecule has 0 radical (unpaired) electrons. The molecule has 1 N–H and O–H groups in total. The van der Waals surface area contributed by atoms with E-state index < -0.39 is 6.10 Å². The molecule has 4 heteroatoms. The second-order valence-corrected chi connectivity index (χ2v) is 6.05. The van der Waals surface area contributed by atoms with Crippen LogP contribution in [0.4, 0.5) is 0 Å². The maximum absolute atomic E-state index is 10.6. The van der Waals surface area contributed by atoms with Crippen LogP contribution in [-0.4, -0.2) is 14.9 Å². The maximum atomic E-state index is 10.6. The predicted octanol–water partition coefficient (Wildman–Crippen LogP) is 4.29. The minimum absolute atomic E-state index is 0.646. The monoisotopic (exact) mass is 344 g/mol. The van der Waals surface area contributed by atoms with Crippen LogP contribution in [-0.2, 0) is 6.54 Å². The van der Waals surface area contributed by atoms with Gasteiger partial charge < -0.3 is 5.11 Å². The van der Waals surface area contributed by atoms with Gasteiger partial charge in [-0.3, -0.25) is 4.68 Å². The van der Waals surface area contributed by atoms with Crippen molar-refractivity contribution in [2.75, 3.05) is 0 Å². The number of benzene rings is 2. The first-order chi connectivity index (χ1) is 10.2. The molecule has 0 fully saturated rings. The zero-order valence-corrected chi connectivity index (χ0v) is 13.4. The van der Waals surface area contributed by atoms with E-state index in [1.807, 2.05) is 35.0 Å². The summed E-state index contributed by atoms with van der Waals surface area (Å²) in [6.45, 7) is 2.92. The van der Waals surface area contributed by atoms with Crippen molar-refractivity contribution >= 4 is 26.7 Å². The van der Waals surface area contributed by atoms with Crippen molar-refractivity contribution in [2.24, 2.45) is 0 Å². The highest BCUT2D eigenvalue weighted by atomic mass is 79.9. The van der Waals surface area contributed by atoms with E-state index in [2.05, 4.69) is 40.1 Å². The topological polar surface area (TPSA) is 38.0 Å². The minimum Gasteiger partial charge on any atom is -0.382 e. The van der Waals surface area contributed by atoms with Gasteiger partial charge in [0.25, 0.3) is 0 Å². The zero-order chi connectivity index (χ0) is 14.8. The minimum atomic E-state index is -0.646. The third kappa shape index (κ3) is 2.87. The van der Waals surface area contributed by atoms with E-state index in [1.54, 1.807) is 6.20 Å². The summed E-state index contributed by atoms with van der Waals surface area (Å²) in [6, 6.07) is 14.1. The lowest BCUT2D eigenvalue weighted by molar-refractivity contribution is 0.207. The molecule has 3 nitrogen and oxygen atoms in total. The van der Waals surface area contributed by atoms with Crippen molar-refractivity contribution in [2.45, 2.75) is 26.0 Å². The first-order valence-electron chi connectivity index (χ1n) is 7.08. The lowest BCUT2D eigenvalue weighted by Crippen LogP contribution is -2.10. The van der Waals surface area contributed by atoms with E-state index in [0.29, 0.717) is 0 Å². The predicted molar refractivity (Wildman–Crippen MR) is 88.2 cm³/mol. The molecule has 0 bridgehead atoms. The number of fused-ring (bicyclic) bond motifs is 1. The Balaban J connectivity index is 1.99. The van der Waals surface area contributed by atoms with Gasteiger partial charge in [-0.25, -0.2) is 0 Å². The maximum Gasteiger partial charge on any atom is 0.121 e. The van der Waals surface area contributed by atoms with Crippen LogP contribution in [0.3, 0.4) is 0 Å². The number of hydrogen-bond acceptors (Lipinski definition) is 2. The molecular formula is C17H17BrN2O. The molecule has 0 saturated carbocycles. The van der Waals surface area contributed by atoms with Crippen molar-refractivity contribution in [1.29, 1.82) is 0 Å². The summed E-state index contributed by atoms with van der Waals surface area (Å²) in [6.07, 6.45) is 2.09. The van der Waals surface area contributed by atoms with Gasteiger partial charge in [0.1, 0.15) is 6.10 Å². The number of halogens is 1. The van der Waals surface area contributed by atoms with Crippen LogP contribution >= 0.6 is 15.9 Å². The lowest BCUT2D eigenvalue weighted by atomic mass is 10.0. The van der Waals surface area contributed by atoms with E-state index in [9.17, 15) is 5.11 Å². The molecule has 0 saturated heterocycles. The fraction of sp³-hybridized carbons (Fsp3) is 0.235. The molecule has 0 spiro atoms. The fourth-order valence-corrected chi connectivity index (χ4v) is 2.93. The number of aromatic nitrogens is 2. The Morgan fingerprint density at radius 3 is 2.71 bits per heavy atom. The molecule has 2 aromatic carbocycles. The quantitative estimate of drug-likeness (QED) is 0.766. The molecule has 0 aliphatic carbocycles. The SMILES string of the molecule is CCCn1nccc1C(O)c1ccc2cc(Br)ccc2c1. The summed E-state index contributed by atoms with van der Waals surface area (Å²) < 4.78 is 2.93. The molecule has 108 valence electrons. The largest absolute Gasteiger partial charge is 0.382 e. The molecular weight excluding hydrogens is 328 g/mol. The van der Waals surface area contributed by atoms with E-state index in [0.717, 1.165) is 39.5 Å². The average Bonchev–Trinajstić information content (AvgIpc) is 2.94. The summed E-state index contributed by atoms with van der Waals surface area (Å²) in [7, 11) is 0. The normalized spacial score (nSPS) is 12.7. The first-order valence-corrected chi connectivity index (χ1v) is 7.87. The highest BCUT2D eigenvalue weighted by Gasteiger charge is 2.15. The Morgan fingerprint density at radius 2 is 1.90 bits per heavy atom. The molecule has 3 rings (SSSR count). The average molecular weight is 345 g/mol. The van der Waals surface area contributed by atoms with Crippen LogP contribution in [0.25, 0.3) is 10.8 Å². The highest BCUT2D eigenvalue weighted by molar-refractivity contribution is 9.10. The smallest absolute Gasteiger partial charge is 0.121 e. The number of hydrogen-bond donors (Lipinski definition) is 1. The van der Waals surface area contributed by atoms with E-state index in [-0.39, 0.29) is 0 Å². The molecule has 3 aromatic rings. The van der Waals surface area contributed by atoms with Gasteiger partial charge in [-0.1, -0.05) is 41.1 Å². The third-order valence-corrected chi connectivity index (χ3v) is 4.10. The molecule has 21 heavy (non-hydrogen) atoms. The van der Waals surface area contributed by atoms with Crippen LogP contribution in [0.2, 0.25) is 0 Å². The van der Waals surface area contributed by atoms with Crippen molar-refractivity contribution < 1.29 is 5.11 Å². The number of aliphatic hydroxyl groups excluding tert-OH is 1. The molecule has 1 atom stereocenters. The summed E-state index contributed by atoms with van der Waals surface area (Å²) in [4.78, 5) is 0. The second-order valence-electron chi connectivity index (χ2n) is 5.13. The summed E-state index contributed by atoms with van der Waals surface area (Å²) >= 11 is 3.48. The summed E-state index contributed by atoms with van der Waals surface area (Å²) in [5, 5.41) is 17.2. The van der Waals surface area contributed by atoms with Crippen molar-refractivity contribution in [3.8, 4) is 0 Å². The first kappa shape index (κ1) is 14.3. The van der Waals surface area contributed by atoms with Gasteiger partial charge in [0, 0.05) is 17.2 Å². The van der Waals surface area contributed by atoms with Crippen molar-refractivity contribution in [3.63, 3.8) is 0 Å². The molecule has 0 aliphatic heterocycles. The van der Waals surface area contributed by atoms with Crippen LogP contribution < -0.4 is 0 Å². The van der Waals surface area contributed by atoms with Gasteiger partial charge in [0.2, 0.25) is 0 Å². The van der Waals surface area contributed by atoms with E-state index in [1.165, 1.54) is 0 Å². The summed E-state index contributed by atoms with van der Waals surface area (Å²) in [5.41, 5.74) is 1.73. The van der Waals surface area contributed by atoms with Crippen LogP contribution in [0.5, 0.6) is 0 Å². The zero-order valence-electron chi connectivity index (χ0n) is 11.8. The standard InChI is InChI=1S/C17H17BrN2O/c1-2-9-20-16(7-8-19-20)17(21)14-4-3-13-11-15(18)6-5-12(13)10-14/h3-8,10-11,17,21H,2,9H2,1H3. The molecule has 1 heterocycles. The number of nitrogens with zero attached hydrogens (tertiary/aromatic N) is 2. The molecule has 0 aliphatic rings. The van der Waals surface area contributed by atoms with E-state index in [4.69, 9.17) is 0 Å². The number of aliphatic hydroxyl groups is 1. The Morgan fingerprint density at radius 1 is 1.14 bits per heavy atom. The van der Waals surface area contributed by atoms with Crippen LogP contribution in [0.15, 0.2) is 53.1 Å². The van der Waals surface area contributed by atoms with Crippen molar-refractivity contribution in [1.82, 2.24) is 9.78 Å². The van der Waals surface area contributed by atoms with Crippen LogP contribution in [0, 0.1) is 0 Å². The summed E-state index contributed by atoms with van der Waals surface area (Å²) in [5.74, 6) is 0. The van der Waals surface area contributed by atoms with Gasteiger partial charge in [-0.15, -0.1) is 0 Å². The van der Waals surface area contributed by atoms with Gasteiger partial charge >= 0.3 is 0 Å². The molecule has 0 amide bonds. The Labute approximate surface area is 132 Å².